The SMILES string of the molecule is CCOc1cccc(C#N)c1I. The third-order valence-electron chi connectivity index (χ3n) is 1.38. The van der Waals surface area contributed by atoms with Crippen molar-refractivity contribution in [2.45, 2.75) is 6.92 Å². The lowest BCUT2D eigenvalue weighted by Gasteiger charge is -2.05. The van der Waals surface area contributed by atoms with Gasteiger partial charge in [-0.25, -0.2) is 0 Å². The normalized spacial score (nSPS) is 9.08. The van der Waals surface area contributed by atoms with E-state index in [1.165, 1.54) is 0 Å². The Labute approximate surface area is 85.3 Å². The molecule has 0 N–H and O–H groups in total. The Morgan fingerprint density at radius 1 is 1.58 bits per heavy atom. The van der Waals surface area contributed by atoms with E-state index in [0.717, 1.165) is 9.32 Å². The number of nitrogens with zero attached hydrogens (tertiary/aromatic N) is 1. The average Bonchev–Trinajstić information content (AvgIpc) is 2.09. The highest BCUT2D eigenvalue weighted by Gasteiger charge is 2.04. The molecule has 12 heavy (non-hydrogen) atoms. The number of rotatable bonds is 2. The third-order valence-corrected chi connectivity index (χ3v) is 2.50. The standard InChI is InChI=1S/C9H8INO/c1-2-12-8-5-3-4-7(6-11)9(8)10/h3-5H,2H2,1H3. The zero-order chi connectivity index (χ0) is 8.97. The molecule has 0 amide bonds. The minimum absolute atomic E-state index is 0.630. The Morgan fingerprint density at radius 3 is 2.92 bits per heavy atom. The molecule has 0 aliphatic carbocycles. The Balaban J connectivity index is 3.07. The van der Waals surface area contributed by atoms with E-state index in [4.69, 9.17) is 10.00 Å². The monoisotopic (exact) mass is 273 g/mol. The van der Waals surface area contributed by atoms with Gasteiger partial charge in [-0.05, 0) is 41.6 Å². The molecule has 0 saturated heterocycles. The lowest BCUT2D eigenvalue weighted by molar-refractivity contribution is 0.338. The van der Waals surface area contributed by atoms with Crippen LogP contribution in [0.15, 0.2) is 18.2 Å². The molecule has 0 spiro atoms. The van der Waals surface area contributed by atoms with Crippen LogP contribution in [0.3, 0.4) is 0 Å². The van der Waals surface area contributed by atoms with Gasteiger partial charge in [0.1, 0.15) is 11.8 Å². The molecule has 0 radical (unpaired) electrons. The minimum atomic E-state index is 0.630. The summed E-state index contributed by atoms with van der Waals surface area (Å²) in [6.45, 7) is 2.56. The molecule has 1 aromatic rings. The maximum Gasteiger partial charge on any atom is 0.133 e. The van der Waals surface area contributed by atoms with Crippen LogP contribution in [0.1, 0.15) is 12.5 Å². The smallest absolute Gasteiger partial charge is 0.133 e. The van der Waals surface area contributed by atoms with Crippen molar-refractivity contribution >= 4 is 22.6 Å². The predicted molar refractivity (Wildman–Crippen MR) is 55.0 cm³/mol. The van der Waals surface area contributed by atoms with Crippen LogP contribution in [0, 0.1) is 14.9 Å². The number of hydrogen-bond acceptors (Lipinski definition) is 2. The van der Waals surface area contributed by atoms with Crippen LogP contribution < -0.4 is 4.74 Å². The fourth-order valence-corrected chi connectivity index (χ4v) is 1.50. The summed E-state index contributed by atoms with van der Waals surface area (Å²) in [5, 5.41) is 8.70. The molecule has 0 saturated carbocycles. The van der Waals surface area contributed by atoms with Crippen molar-refractivity contribution in [1.82, 2.24) is 0 Å². The van der Waals surface area contributed by atoms with E-state index in [2.05, 4.69) is 28.7 Å². The van der Waals surface area contributed by atoms with Crippen molar-refractivity contribution in [2.24, 2.45) is 0 Å². The van der Waals surface area contributed by atoms with E-state index in [-0.39, 0.29) is 0 Å². The summed E-state index contributed by atoms with van der Waals surface area (Å²) in [5.41, 5.74) is 0.668. The summed E-state index contributed by atoms with van der Waals surface area (Å²) in [5.74, 6) is 0.789. The van der Waals surface area contributed by atoms with Crippen molar-refractivity contribution in [3.05, 3.63) is 27.3 Å². The number of nitriles is 1. The maximum atomic E-state index is 8.70. The van der Waals surface area contributed by atoms with Crippen molar-refractivity contribution < 1.29 is 4.74 Å². The molecule has 1 aromatic carbocycles. The van der Waals surface area contributed by atoms with Gasteiger partial charge in [0, 0.05) is 0 Å². The van der Waals surface area contributed by atoms with Crippen LogP contribution in [-0.4, -0.2) is 6.61 Å². The number of benzene rings is 1. The highest BCUT2D eigenvalue weighted by atomic mass is 127. The molecule has 0 aromatic heterocycles. The molecule has 3 heteroatoms. The summed E-state index contributed by atoms with van der Waals surface area (Å²) in [4.78, 5) is 0. The largest absolute Gasteiger partial charge is 0.493 e. The summed E-state index contributed by atoms with van der Waals surface area (Å²) in [6.07, 6.45) is 0. The molecule has 1 rings (SSSR count). The van der Waals surface area contributed by atoms with Crippen LogP contribution in [0.5, 0.6) is 5.75 Å². The van der Waals surface area contributed by atoms with Crippen molar-refractivity contribution in [3.8, 4) is 11.8 Å². The third kappa shape index (κ3) is 1.89. The number of ether oxygens (including phenoxy) is 1. The van der Waals surface area contributed by atoms with Gasteiger partial charge in [0.2, 0.25) is 0 Å². The molecule has 0 heterocycles. The zero-order valence-electron chi connectivity index (χ0n) is 6.67. The van der Waals surface area contributed by atoms with E-state index >= 15 is 0 Å². The molecule has 0 fully saturated rings. The second-order valence-electron chi connectivity index (χ2n) is 2.16. The van der Waals surface area contributed by atoms with Gasteiger partial charge in [-0.2, -0.15) is 5.26 Å². The molecule has 0 aliphatic rings. The number of hydrogen-bond donors (Lipinski definition) is 0. The van der Waals surface area contributed by atoms with Gasteiger partial charge in [-0.3, -0.25) is 0 Å². The first kappa shape index (κ1) is 9.33. The van der Waals surface area contributed by atoms with Crippen molar-refractivity contribution in [2.75, 3.05) is 6.61 Å². The van der Waals surface area contributed by atoms with Gasteiger partial charge in [-0.1, -0.05) is 6.07 Å². The van der Waals surface area contributed by atoms with Crippen LogP contribution in [0.2, 0.25) is 0 Å². The number of halogens is 1. The van der Waals surface area contributed by atoms with E-state index in [0.29, 0.717) is 12.2 Å². The summed E-state index contributed by atoms with van der Waals surface area (Å²) in [7, 11) is 0. The van der Waals surface area contributed by atoms with Crippen molar-refractivity contribution in [1.29, 1.82) is 5.26 Å². The Bertz CT molecular complexity index is 317. The highest BCUT2D eigenvalue weighted by Crippen LogP contribution is 2.23. The van der Waals surface area contributed by atoms with Gasteiger partial charge in [0.25, 0.3) is 0 Å². The first-order valence-corrected chi connectivity index (χ1v) is 4.69. The fraction of sp³-hybridized carbons (Fsp3) is 0.222. The van der Waals surface area contributed by atoms with Crippen LogP contribution in [0.25, 0.3) is 0 Å². The molecule has 0 bridgehead atoms. The lowest BCUT2D eigenvalue weighted by atomic mass is 10.2. The quantitative estimate of drug-likeness (QED) is 0.776. The molecule has 0 atom stereocenters. The first-order valence-electron chi connectivity index (χ1n) is 3.61. The van der Waals surface area contributed by atoms with Gasteiger partial charge in [0.05, 0.1) is 15.7 Å². The average molecular weight is 273 g/mol. The Kier molecular flexibility index (Phi) is 3.35. The minimum Gasteiger partial charge on any atom is -0.493 e. The Morgan fingerprint density at radius 2 is 2.33 bits per heavy atom. The molecule has 0 aliphatic heterocycles. The van der Waals surface area contributed by atoms with Crippen molar-refractivity contribution in [3.63, 3.8) is 0 Å². The lowest BCUT2D eigenvalue weighted by Crippen LogP contribution is -1.95. The first-order chi connectivity index (χ1) is 5.79. The molecule has 62 valence electrons. The molecular weight excluding hydrogens is 265 g/mol. The highest BCUT2D eigenvalue weighted by molar-refractivity contribution is 14.1. The molecule has 0 unspecified atom stereocenters. The summed E-state index contributed by atoms with van der Waals surface area (Å²) >= 11 is 2.12. The maximum absolute atomic E-state index is 8.70. The predicted octanol–water partition coefficient (Wildman–Crippen LogP) is 2.56. The van der Waals surface area contributed by atoms with E-state index in [1.807, 2.05) is 19.1 Å². The van der Waals surface area contributed by atoms with Gasteiger partial charge < -0.3 is 4.74 Å². The Hall–Kier alpha value is -0.760. The van der Waals surface area contributed by atoms with Gasteiger partial charge in [-0.15, -0.1) is 0 Å². The van der Waals surface area contributed by atoms with Crippen LogP contribution in [-0.2, 0) is 0 Å². The van der Waals surface area contributed by atoms with Crippen LogP contribution >= 0.6 is 22.6 Å². The van der Waals surface area contributed by atoms with Crippen LogP contribution in [0.4, 0.5) is 0 Å². The fourth-order valence-electron chi connectivity index (χ4n) is 0.864. The van der Waals surface area contributed by atoms with E-state index in [1.54, 1.807) is 6.07 Å². The molecular formula is C9H8INO. The molecule has 2 nitrogen and oxygen atoms in total. The second kappa shape index (κ2) is 4.31. The van der Waals surface area contributed by atoms with E-state index in [9.17, 15) is 0 Å². The van der Waals surface area contributed by atoms with E-state index < -0.39 is 0 Å². The topological polar surface area (TPSA) is 33.0 Å². The van der Waals surface area contributed by atoms with Gasteiger partial charge in [0.15, 0.2) is 0 Å². The summed E-state index contributed by atoms with van der Waals surface area (Å²) in [6, 6.07) is 7.58. The van der Waals surface area contributed by atoms with Gasteiger partial charge >= 0.3 is 0 Å². The zero-order valence-corrected chi connectivity index (χ0v) is 8.83. The second-order valence-corrected chi connectivity index (χ2v) is 3.24. The summed E-state index contributed by atoms with van der Waals surface area (Å²) < 4.78 is 6.21.